The fourth-order valence-electron chi connectivity index (χ4n) is 4.24. The number of nitrogens with zero attached hydrogens (tertiary/aromatic N) is 1. The fourth-order valence-corrected chi connectivity index (χ4v) is 5.05. The van der Waals surface area contributed by atoms with Gasteiger partial charge in [0.05, 0.1) is 32.1 Å². The molecule has 0 radical (unpaired) electrons. The highest BCUT2D eigenvalue weighted by atomic mass is 32.2. The summed E-state index contributed by atoms with van der Waals surface area (Å²) in [6.45, 7) is 1.90. The third-order valence-electron chi connectivity index (χ3n) is 5.46. The Hall–Kier alpha value is -1.07. The molecule has 28 heavy (non-hydrogen) atoms. The Kier molecular flexibility index (Phi) is 7.60. The van der Waals surface area contributed by atoms with Crippen molar-refractivity contribution in [2.45, 2.75) is 75.9 Å². The molecule has 164 valence electrons. The van der Waals surface area contributed by atoms with E-state index in [0.717, 1.165) is 6.26 Å². The largest absolute Gasteiger partial charge is 0.453 e. The Bertz CT molecular complexity index is 635. The smallest absolute Gasteiger partial charge is 0.410 e. The number of rotatable bonds is 6. The molecule has 0 spiro atoms. The number of hydrogen-bond donors (Lipinski definition) is 1. The SMILES string of the molecule is COC(=O)N1[C@H](COC2CCC(CC(F)(F)F)CC2)[C@H](NS(C)(=O)=O)C[C@@H]1C. The van der Waals surface area contributed by atoms with Crippen LogP contribution in [0.2, 0.25) is 0 Å². The lowest BCUT2D eigenvalue weighted by molar-refractivity contribution is -0.148. The number of ether oxygens (including phenoxy) is 2. The minimum absolute atomic E-state index is 0.0984. The van der Waals surface area contributed by atoms with Crippen LogP contribution in [0.25, 0.3) is 0 Å². The third-order valence-corrected chi connectivity index (χ3v) is 6.19. The first-order chi connectivity index (χ1) is 12.9. The molecule has 1 N–H and O–H groups in total. The molecule has 1 aliphatic heterocycles. The van der Waals surface area contributed by atoms with Crippen molar-refractivity contribution in [2.24, 2.45) is 5.92 Å². The quantitative estimate of drug-likeness (QED) is 0.700. The number of alkyl halides is 3. The van der Waals surface area contributed by atoms with E-state index in [1.807, 2.05) is 0 Å². The number of sulfonamides is 1. The minimum Gasteiger partial charge on any atom is -0.453 e. The summed E-state index contributed by atoms with van der Waals surface area (Å²) in [6.07, 6.45) is -2.27. The van der Waals surface area contributed by atoms with Gasteiger partial charge < -0.3 is 9.47 Å². The lowest BCUT2D eigenvalue weighted by Gasteiger charge is -2.33. The zero-order chi connectivity index (χ0) is 21.1. The molecule has 1 amide bonds. The zero-order valence-electron chi connectivity index (χ0n) is 16.4. The molecule has 2 rings (SSSR count). The predicted molar refractivity (Wildman–Crippen MR) is 96.2 cm³/mol. The van der Waals surface area contributed by atoms with Gasteiger partial charge in [0, 0.05) is 18.5 Å². The van der Waals surface area contributed by atoms with Gasteiger partial charge in [-0.15, -0.1) is 0 Å². The van der Waals surface area contributed by atoms with E-state index < -0.39 is 40.8 Å². The molecule has 1 heterocycles. The van der Waals surface area contributed by atoms with Gasteiger partial charge >= 0.3 is 12.3 Å². The van der Waals surface area contributed by atoms with Gasteiger partial charge in [-0.1, -0.05) is 0 Å². The van der Waals surface area contributed by atoms with Gasteiger partial charge in [0.15, 0.2) is 0 Å². The molecule has 2 fully saturated rings. The van der Waals surface area contributed by atoms with Crippen LogP contribution < -0.4 is 4.72 Å². The Morgan fingerprint density at radius 2 is 1.82 bits per heavy atom. The van der Waals surface area contributed by atoms with Crippen LogP contribution in [0.3, 0.4) is 0 Å². The lowest BCUT2D eigenvalue weighted by atomic mass is 9.85. The molecule has 0 unspecified atom stereocenters. The average molecular weight is 430 g/mol. The summed E-state index contributed by atoms with van der Waals surface area (Å²) in [6, 6.07) is -1.28. The second-order valence-corrected chi connectivity index (χ2v) is 9.60. The van der Waals surface area contributed by atoms with Crippen LogP contribution in [-0.2, 0) is 19.5 Å². The molecule has 3 atom stereocenters. The summed E-state index contributed by atoms with van der Waals surface area (Å²) in [4.78, 5) is 13.6. The van der Waals surface area contributed by atoms with Gasteiger partial charge in [-0.05, 0) is 44.9 Å². The zero-order valence-corrected chi connectivity index (χ0v) is 17.2. The summed E-state index contributed by atoms with van der Waals surface area (Å²) < 4.78 is 74.1. The number of carbonyl (C=O) groups is 1. The van der Waals surface area contributed by atoms with Crippen molar-refractivity contribution in [1.82, 2.24) is 9.62 Å². The summed E-state index contributed by atoms with van der Waals surface area (Å²) in [5.74, 6) is -0.377. The Morgan fingerprint density at radius 1 is 1.21 bits per heavy atom. The van der Waals surface area contributed by atoms with Crippen molar-refractivity contribution in [1.29, 1.82) is 0 Å². The minimum atomic E-state index is -4.15. The van der Waals surface area contributed by atoms with Gasteiger partial charge in [-0.3, -0.25) is 4.90 Å². The number of halogens is 3. The van der Waals surface area contributed by atoms with Gasteiger partial charge in [0.1, 0.15) is 0 Å². The van der Waals surface area contributed by atoms with Gasteiger partial charge in [-0.25, -0.2) is 17.9 Å². The highest BCUT2D eigenvalue weighted by Gasteiger charge is 2.44. The first-order valence-corrected chi connectivity index (χ1v) is 11.3. The third kappa shape index (κ3) is 6.77. The molecule has 0 aromatic heterocycles. The number of methoxy groups -OCH3 is 1. The van der Waals surface area contributed by atoms with Crippen molar-refractivity contribution in [3.63, 3.8) is 0 Å². The molecular weight excluding hydrogens is 401 g/mol. The van der Waals surface area contributed by atoms with Crippen LogP contribution in [0.4, 0.5) is 18.0 Å². The van der Waals surface area contributed by atoms with E-state index in [1.54, 1.807) is 6.92 Å². The van der Waals surface area contributed by atoms with Gasteiger partial charge in [0.25, 0.3) is 0 Å². The molecule has 2 aliphatic rings. The standard InChI is InChI=1S/C17H29F3N2O5S/c1-11-8-14(21-28(3,24)25)15(22(11)16(23)26-2)10-27-13-6-4-12(5-7-13)9-17(18,19)20/h11-15,21H,4-10H2,1-3H3/t11-,12?,13?,14+,15+/m0/s1. The summed E-state index contributed by atoms with van der Waals surface area (Å²) in [5, 5.41) is 0. The van der Waals surface area contributed by atoms with E-state index in [9.17, 15) is 26.4 Å². The average Bonchev–Trinajstić information content (AvgIpc) is 2.85. The molecule has 0 aromatic carbocycles. The van der Waals surface area contributed by atoms with Crippen LogP contribution in [0.1, 0.15) is 45.4 Å². The maximum atomic E-state index is 12.5. The summed E-state index contributed by atoms with van der Waals surface area (Å²) in [5.41, 5.74) is 0. The van der Waals surface area contributed by atoms with E-state index in [-0.39, 0.29) is 24.7 Å². The number of nitrogens with one attached hydrogen (secondary N) is 1. The van der Waals surface area contributed by atoms with Crippen molar-refractivity contribution in [3.8, 4) is 0 Å². The van der Waals surface area contributed by atoms with E-state index in [1.165, 1.54) is 12.0 Å². The molecule has 1 saturated carbocycles. The topological polar surface area (TPSA) is 84.9 Å². The lowest BCUT2D eigenvalue weighted by Crippen LogP contribution is -2.50. The van der Waals surface area contributed by atoms with Crippen LogP contribution in [0.15, 0.2) is 0 Å². The van der Waals surface area contributed by atoms with Crippen molar-refractivity contribution >= 4 is 16.1 Å². The summed E-state index contributed by atoms with van der Waals surface area (Å²) >= 11 is 0. The fraction of sp³-hybridized carbons (Fsp3) is 0.941. The van der Waals surface area contributed by atoms with E-state index in [4.69, 9.17) is 9.47 Å². The second-order valence-electron chi connectivity index (χ2n) is 7.82. The summed E-state index contributed by atoms with van der Waals surface area (Å²) in [7, 11) is -2.22. The number of amides is 1. The van der Waals surface area contributed by atoms with Gasteiger partial charge in [-0.2, -0.15) is 13.2 Å². The van der Waals surface area contributed by atoms with Crippen molar-refractivity contribution in [3.05, 3.63) is 0 Å². The maximum absolute atomic E-state index is 12.5. The molecule has 11 heteroatoms. The van der Waals surface area contributed by atoms with Crippen LogP contribution in [-0.4, -0.2) is 69.8 Å². The molecule has 0 bridgehead atoms. The van der Waals surface area contributed by atoms with E-state index in [2.05, 4.69) is 4.72 Å². The maximum Gasteiger partial charge on any atom is 0.410 e. The Balaban J connectivity index is 1.95. The van der Waals surface area contributed by atoms with Crippen LogP contribution in [0.5, 0.6) is 0 Å². The normalized spacial score (nSPS) is 31.8. The van der Waals surface area contributed by atoms with Crippen molar-refractivity contribution < 1.29 is 35.9 Å². The van der Waals surface area contributed by atoms with Gasteiger partial charge in [0.2, 0.25) is 10.0 Å². The van der Waals surface area contributed by atoms with E-state index >= 15 is 0 Å². The predicted octanol–water partition coefficient (Wildman–Crippen LogP) is 2.66. The van der Waals surface area contributed by atoms with Crippen molar-refractivity contribution in [2.75, 3.05) is 20.0 Å². The highest BCUT2D eigenvalue weighted by molar-refractivity contribution is 7.88. The Morgan fingerprint density at radius 3 is 2.32 bits per heavy atom. The molecule has 7 nitrogen and oxygen atoms in total. The highest BCUT2D eigenvalue weighted by Crippen LogP contribution is 2.35. The first kappa shape index (κ1) is 23.2. The van der Waals surface area contributed by atoms with E-state index in [0.29, 0.717) is 32.1 Å². The number of carbonyl (C=O) groups excluding carboxylic acids is 1. The monoisotopic (exact) mass is 430 g/mol. The Labute approximate surface area is 164 Å². The molecule has 1 aliphatic carbocycles. The molecular formula is C17H29F3N2O5S. The first-order valence-electron chi connectivity index (χ1n) is 9.41. The number of likely N-dealkylation sites (tertiary alicyclic amines) is 1. The molecule has 1 saturated heterocycles. The molecule has 0 aromatic rings. The van der Waals surface area contributed by atoms with Crippen LogP contribution in [0, 0.1) is 5.92 Å². The number of hydrogen-bond acceptors (Lipinski definition) is 5. The van der Waals surface area contributed by atoms with Crippen LogP contribution >= 0.6 is 0 Å². The second kappa shape index (κ2) is 9.17.